The van der Waals surface area contributed by atoms with E-state index in [9.17, 15) is 14.7 Å². The maximum absolute atomic E-state index is 12.5. The topological polar surface area (TPSA) is 105 Å². The summed E-state index contributed by atoms with van der Waals surface area (Å²) in [5, 5.41) is 16.7. The van der Waals surface area contributed by atoms with E-state index in [1.165, 1.54) is 13.3 Å². The molecule has 0 spiro atoms. The molecule has 0 unspecified atom stereocenters. The minimum absolute atomic E-state index is 0.0317. The molecule has 2 amide bonds. The smallest absolute Gasteiger partial charge is 0.240 e. The Morgan fingerprint density at radius 1 is 1.12 bits per heavy atom. The average Bonchev–Trinajstić information content (AvgIpc) is 3.19. The first kappa shape index (κ1) is 24.9. The van der Waals surface area contributed by atoms with Crippen LogP contribution in [0.5, 0.6) is 5.75 Å². The Kier molecular flexibility index (Phi) is 9.02. The van der Waals surface area contributed by atoms with E-state index in [0.717, 1.165) is 17.3 Å². The van der Waals surface area contributed by atoms with Crippen LogP contribution in [0.1, 0.15) is 11.3 Å². The maximum Gasteiger partial charge on any atom is 0.240 e. The van der Waals surface area contributed by atoms with E-state index in [1.54, 1.807) is 34.9 Å². The number of carbonyl (C=O) groups excluding carboxylic acids is 2. The zero-order valence-corrected chi connectivity index (χ0v) is 20.0. The number of methoxy groups -OCH3 is 1. The van der Waals surface area contributed by atoms with E-state index in [-0.39, 0.29) is 30.7 Å². The fraction of sp³-hybridized carbons (Fsp3) is 0.227. The molecule has 0 atom stereocenters. The predicted molar refractivity (Wildman–Crippen MR) is 129 cm³/mol. The van der Waals surface area contributed by atoms with Crippen molar-refractivity contribution >= 4 is 52.5 Å². The van der Waals surface area contributed by atoms with Gasteiger partial charge in [0.1, 0.15) is 12.3 Å². The van der Waals surface area contributed by atoms with Crippen LogP contribution in [0.25, 0.3) is 0 Å². The standard InChI is InChI=1S/C22H22Cl2N4O4S/c1-32-19-7-6-16(24)8-18(19)27-21(31)13-33-22-26-10-17(12-29)28(22)11-20(30)25-9-14-2-4-15(23)5-3-14/h2-8,10,29H,9,11-13H2,1H3,(H,25,30)(H,27,31). The Labute approximate surface area is 205 Å². The number of amides is 2. The maximum atomic E-state index is 12.5. The van der Waals surface area contributed by atoms with Crippen LogP contribution in [-0.4, -0.2) is 39.3 Å². The molecule has 8 nitrogen and oxygen atoms in total. The molecule has 0 fully saturated rings. The van der Waals surface area contributed by atoms with Crippen LogP contribution in [0.2, 0.25) is 10.0 Å². The highest BCUT2D eigenvalue weighted by molar-refractivity contribution is 7.99. The third-order valence-electron chi connectivity index (χ3n) is 4.54. The number of ether oxygens (including phenoxy) is 1. The lowest BCUT2D eigenvalue weighted by Gasteiger charge is -2.12. The molecule has 0 bridgehead atoms. The van der Waals surface area contributed by atoms with Gasteiger partial charge in [-0.1, -0.05) is 47.1 Å². The van der Waals surface area contributed by atoms with Crippen molar-refractivity contribution in [2.75, 3.05) is 18.2 Å². The molecular weight excluding hydrogens is 487 g/mol. The minimum atomic E-state index is -0.298. The van der Waals surface area contributed by atoms with Gasteiger partial charge in [-0.25, -0.2) is 4.98 Å². The molecule has 0 aliphatic heterocycles. The number of anilines is 1. The van der Waals surface area contributed by atoms with E-state index in [1.807, 2.05) is 12.1 Å². The molecule has 3 aromatic rings. The van der Waals surface area contributed by atoms with Gasteiger partial charge < -0.3 is 25.0 Å². The fourth-order valence-corrected chi connectivity index (χ4v) is 3.99. The minimum Gasteiger partial charge on any atom is -0.495 e. The van der Waals surface area contributed by atoms with Crippen molar-refractivity contribution < 1.29 is 19.4 Å². The number of imidazole rings is 1. The Balaban J connectivity index is 1.59. The Morgan fingerprint density at radius 2 is 1.85 bits per heavy atom. The highest BCUT2D eigenvalue weighted by Gasteiger charge is 2.16. The summed E-state index contributed by atoms with van der Waals surface area (Å²) in [5.74, 6) is -0.0381. The first-order chi connectivity index (χ1) is 15.9. The number of nitrogens with one attached hydrogen (secondary N) is 2. The second kappa shape index (κ2) is 11.9. The number of carbonyl (C=O) groups is 2. The number of hydrogen-bond acceptors (Lipinski definition) is 6. The summed E-state index contributed by atoms with van der Waals surface area (Å²) in [5.41, 5.74) is 1.83. The Hall–Kier alpha value is -2.72. The summed E-state index contributed by atoms with van der Waals surface area (Å²) in [6.45, 7) is 0.00495. The Morgan fingerprint density at radius 3 is 2.55 bits per heavy atom. The molecule has 1 aromatic heterocycles. The van der Waals surface area contributed by atoms with Crippen molar-refractivity contribution in [3.8, 4) is 5.75 Å². The summed E-state index contributed by atoms with van der Waals surface area (Å²) < 4.78 is 6.81. The second-order valence-corrected chi connectivity index (χ2v) is 8.68. The molecule has 2 aromatic carbocycles. The number of aliphatic hydroxyl groups is 1. The van der Waals surface area contributed by atoms with E-state index in [2.05, 4.69) is 15.6 Å². The molecule has 33 heavy (non-hydrogen) atoms. The van der Waals surface area contributed by atoms with Gasteiger partial charge in [0.2, 0.25) is 11.8 Å². The van der Waals surface area contributed by atoms with Gasteiger partial charge in [0.25, 0.3) is 0 Å². The van der Waals surface area contributed by atoms with Crippen molar-refractivity contribution in [1.29, 1.82) is 0 Å². The molecule has 0 aliphatic rings. The van der Waals surface area contributed by atoms with Gasteiger partial charge in [-0.2, -0.15) is 0 Å². The number of thioether (sulfide) groups is 1. The first-order valence-electron chi connectivity index (χ1n) is 9.82. The van der Waals surface area contributed by atoms with Gasteiger partial charge in [-0.3, -0.25) is 9.59 Å². The number of hydrogen-bond donors (Lipinski definition) is 3. The SMILES string of the molecule is COc1ccc(Cl)cc1NC(=O)CSc1ncc(CO)n1CC(=O)NCc1ccc(Cl)cc1. The van der Waals surface area contributed by atoms with Crippen molar-refractivity contribution in [2.24, 2.45) is 0 Å². The van der Waals surface area contributed by atoms with E-state index in [0.29, 0.717) is 38.9 Å². The predicted octanol–water partition coefficient (Wildman–Crippen LogP) is 3.74. The molecule has 174 valence electrons. The summed E-state index contributed by atoms with van der Waals surface area (Å²) >= 11 is 13.0. The third kappa shape index (κ3) is 7.13. The van der Waals surface area contributed by atoms with Crippen LogP contribution >= 0.6 is 35.0 Å². The van der Waals surface area contributed by atoms with E-state index < -0.39 is 0 Å². The lowest BCUT2D eigenvalue weighted by atomic mass is 10.2. The monoisotopic (exact) mass is 508 g/mol. The van der Waals surface area contributed by atoms with Crippen LogP contribution in [0.15, 0.2) is 53.8 Å². The van der Waals surface area contributed by atoms with Crippen LogP contribution in [-0.2, 0) is 29.3 Å². The number of aliphatic hydroxyl groups excluding tert-OH is 1. The molecule has 3 rings (SSSR count). The Bertz CT molecular complexity index is 1120. The number of rotatable bonds is 10. The fourth-order valence-electron chi connectivity index (χ4n) is 2.90. The molecule has 1 heterocycles. The number of benzene rings is 2. The lowest BCUT2D eigenvalue weighted by molar-refractivity contribution is -0.122. The van der Waals surface area contributed by atoms with Gasteiger partial charge in [0.15, 0.2) is 5.16 Å². The van der Waals surface area contributed by atoms with Gasteiger partial charge in [-0.05, 0) is 35.9 Å². The normalized spacial score (nSPS) is 10.7. The van der Waals surface area contributed by atoms with Crippen LogP contribution < -0.4 is 15.4 Å². The van der Waals surface area contributed by atoms with Crippen LogP contribution in [0.4, 0.5) is 5.69 Å². The van der Waals surface area contributed by atoms with Crippen molar-refractivity contribution in [3.63, 3.8) is 0 Å². The summed E-state index contributed by atoms with van der Waals surface area (Å²) in [7, 11) is 1.50. The zero-order valence-electron chi connectivity index (χ0n) is 17.7. The number of halogens is 2. The highest BCUT2D eigenvalue weighted by atomic mass is 35.5. The van der Waals surface area contributed by atoms with E-state index >= 15 is 0 Å². The summed E-state index contributed by atoms with van der Waals surface area (Å²) in [4.78, 5) is 29.2. The van der Waals surface area contributed by atoms with Gasteiger partial charge in [0.05, 0.1) is 37.0 Å². The zero-order chi connectivity index (χ0) is 23.8. The lowest BCUT2D eigenvalue weighted by Crippen LogP contribution is -2.28. The largest absolute Gasteiger partial charge is 0.495 e. The second-order valence-electron chi connectivity index (χ2n) is 6.86. The molecule has 0 aliphatic carbocycles. The van der Waals surface area contributed by atoms with Gasteiger partial charge >= 0.3 is 0 Å². The van der Waals surface area contributed by atoms with Crippen LogP contribution in [0, 0.1) is 0 Å². The molecular formula is C22H22Cl2N4O4S. The third-order valence-corrected chi connectivity index (χ3v) is 6.01. The molecule has 11 heteroatoms. The van der Waals surface area contributed by atoms with Crippen molar-refractivity contribution in [3.05, 3.63) is 70.0 Å². The van der Waals surface area contributed by atoms with Gasteiger partial charge in [-0.15, -0.1) is 0 Å². The number of nitrogens with zero attached hydrogens (tertiary/aromatic N) is 2. The van der Waals surface area contributed by atoms with Crippen molar-refractivity contribution in [1.82, 2.24) is 14.9 Å². The quantitative estimate of drug-likeness (QED) is 0.360. The van der Waals surface area contributed by atoms with Gasteiger partial charge in [0, 0.05) is 16.6 Å². The molecule has 3 N–H and O–H groups in total. The summed E-state index contributed by atoms with van der Waals surface area (Å²) in [6.07, 6.45) is 1.48. The average molecular weight is 509 g/mol. The molecule has 0 saturated carbocycles. The van der Waals surface area contributed by atoms with Crippen LogP contribution in [0.3, 0.4) is 0 Å². The van der Waals surface area contributed by atoms with Crippen molar-refractivity contribution in [2.45, 2.75) is 24.9 Å². The highest BCUT2D eigenvalue weighted by Crippen LogP contribution is 2.28. The first-order valence-corrected chi connectivity index (χ1v) is 11.6. The molecule has 0 radical (unpaired) electrons. The molecule has 0 saturated heterocycles. The number of aromatic nitrogens is 2. The summed E-state index contributed by atoms with van der Waals surface area (Å²) in [6, 6.07) is 12.1. The van der Waals surface area contributed by atoms with E-state index in [4.69, 9.17) is 27.9 Å².